The summed E-state index contributed by atoms with van der Waals surface area (Å²) in [5.74, 6) is 1.88. The summed E-state index contributed by atoms with van der Waals surface area (Å²) in [4.78, 5) is 0. The monoisotopic (exact) mass is 313 g/mol. The quantitative estimate of drug-likeness (QED) is 0.840. The van der Waals surface area contributed by atoms with E-state index in [2.05, 4.69) is 38.1 Å². The molecule has 0 amide bonds. The predicted molar refractivity (Wildman–Crippen MR) is 95.6 cm³/mol. The Kier molecular flexibility index (Phi) is 6.05. The lowest BCUT2D eigenvalue weighted by molar-refractivity contribution is 0.309. The molecule has 1 atom stereocenters. The van der Waals surface area contributed by atoms with Crippen LogP contribution >= 0.6 is 0 Å². The van der Waals surface area contributed by atoms with E-state index in [1.54, 1.807) is 7.11 Å². The van der Waals surface area contributed by atoms with Gasteiger partial charge in [0.2, 0.25) is 0 Å². The zero-order valence-corrected chi connectivity index (χ0v) is 14.6. The Morgan fingerprint density at radius 2 is 1.87 bits per heavy atom. The van der Waals surface area contributed by atoms with Gasteiger partial charge in [0.15, 0.2) is 11.5 Å². The number of methoxy groups -OCH3 is 1. The maximum Gasteiger partial charge on any atom is 0.163 e. The van der Waals surface area contributed by atoms with Crippen molar-refractivity contribution in [3.8, 4) is 11.5 Å². The Morgan fingerprint density at radius 3 is 2.48 bits per heavy atom. The van der Waals surface area contributed by atoms with Gasteiger partial charge in [-0.3, -0.25) is 0 Å². The van der Waals surface area contributed by atoms with E-state index in [1.807, 2.05) is 19.1 Å². The topological polar surface area (TPSA) is 44.5 Å². The van der Waals surface area contributed by atoms with Crippen LogP contribution in [-0.4, -0.2) is 20.3 Å². The Morgan fingerprint density at radius 1 is 1.09 bits per heavy atom. The van der Waals surface area contributed by atoms with Crippen LogP contribution in [0.25, 0.3) is 0 Å². The molecule has 0 radical (unpaired) electrons. The zero-order valence-electron chi connectivity index (χ0n) is 14.6. The number of aryl methyl sites for hydroxylation is 2. The second-order valence-corrected chi connectivity index (χ2v) is 5.86. The molecule has 2 aromatic carbocycles. The first-order chi connectivity index (χ1) is 11.1. The largest absolute Gasteiger partial charge is 0.493 e. The van der Waals surface area contributed by atoms with E-state index in [0.717, 1.165) is 23.5 Å². The number of hydrogen-bond acceptors (Lipinski definition) is 3. The zero-order chi connectivity index (χ0) is 16.8. The van der Waals surface area contributed by atoms with Gasteiger partial charge in [-0.1, -0.05) is 30.3 Å². The molecule has 0 aliphatic carbocycles. The molecule has 124 valence electrons. The molecule has 3 heteroatoms. The second-order valence-electron chi connectivity index (χ2n) is 5.86. The van der Waals surface area contributed by atoms with Crippen LogP contribution in [0, 0.1) is 13.8 Å². The number of ether oxygens (including phenoxy) is 2. The summed E-state index contributed by atoms with van der Waals surface area (Å²) in [6.45, 7) is 7.47. The Balaban J connectivity index is 2.31. The molecule has 0 aromatic heterocycles. The Hall–Kier alpha value is -2.00. The summed E-state index contributed by atoms with van der Waals surface area (Å²) in [6.07, 6.45) is 0.836. The lowest BCUT2D eigenvalue weighted by atomic mass is 9.90. The number of rotatable bonds is 7. The van der Waals surface area contributed by atoms with Gasteiger partial charge in [-0.2, -0.15) is 0 Å². The fraction of sp³-hybridized carbons (Fsp3) is 0.400. The standard InChI is InChI=1S/C20H27NO2/c1-5-23-19-8-6-7-17(20(19)22-4)12-18(13-21)16-10-9-14(2)15(3)11-16/h6-11,18H,5,12-13,21H2,1-4H3. The molecule has 0 saturated carbocycles. The smallest absolute Gasteiger partial charge is 0.163 e. The lowest BCUT2D eigenvalue weighted by Gasteiger charge is -2.19. The van der Waals surface area contributed by atoms with Gasteiger partial charge in [0.25, 0.3) is 0 Å². The van der Waals surface area contributed by atoms with Crippen molar-refractivity contribution in [3.05, 3.63) is 58.7 Å². The maximum atomic E-state index is 6.06. The molecule has 2 rings (SSSR count). The second kappa shape index (κ2) is 8.02. The van der Waals surface area contributed by atoms with E-state index in [-0.39, 0.29) is 5.92 Å². The molecule has 1 unspecified atom stereocenters. The van der Waals surface area contributed by atoms with E-state index in [9.17, 15) is 0 Å². The number of hydrogen-bond donors (Lipinski definition) is 1. The van der Waals surface area contributed by atoms with Crippen LogP contribution in [0.3, 0.4) is 0 Å². The van der Waals surface area contributed by atoms with Gasteiger partial charge in [-0.05, 0) is 62.1 Å². The van der Waals surface area contributed by atoms with Gasteiger partial charge in [0, 0.05) is 5.92 Å². The molecule has 0 spiro atoms. The van der Waals surface area contributed by atoms with Crippen LogP contribution < -0.4 is 15.2 Å². The van der Waals surface area contributed by atoms with Gasteiger partial charge in [-0.25, -0.2) is 0 Å². The van der Waals surface area contributed by atoms with Gasteiger partial charge in [0.1, 0.15) is 0 Å². The third-order valence-corrected chi connectivity index (χ3v) is 4.32. The van der Waals surface area contributed by atoms with Crippen LogP contribution in [0.2, 0.25) is 0 Å². The van der Waals surface area contributed by atoms with E-state index in [1.165, 1.54) is 16.7 Å². The highest BCUT2D eigenvalue weighted by atomic mass is 16.5. The fourth-order valence-corrected chi connectivity index (χ4v) is 2.84. The minimum absolute atomic E-state index is 0.264. The normalized spacial score (nSPS) is 12.0. The summed E-state index contributed by atoms with van der Waals surface area (Å²) >= 11 is 0. The lowest BCUT2D eigenvalue weighted by Crippen LogP contribution is -2.16. The molecule has 2 N–H and O–H groups in total. The fourth-order valence-electron chi connectivity index (χ4n) is 2.84. The molecule has 0 aliphatic rings. The van der Waals surface area contributed by atoms with Crippen molar-refractivity contribution in [1.29, 1.82) is 0 Å². The molecule has 0 aliphatic heterocycles. The molecule has 23 heavy (non-hydrogen) atoms. The highest BCUT2D eigenvalue weighted by Gasteiger charge is 2.16. The third kappa shape index (κ3) is 4.05. The van der Waals surface area contributed by atoms with Crippen molar-refractivity contribution in [2.75, 3.05) is 20.3 Å². The average Bonchev–Trinajstić information content (AvgIpc) is 2.55. The highest BCUT2D eigenvalue weighted by molar-refractivity contribution is 5.47. The van der Waals surface area contributed by atoms with Crippen molar-refractivity contribution in [1.82, 2.24) is 0 Å². The third-order valence-electron chi connectivity index (χ3n) is 4.32. The van der Waals surface area contributed by atoms with Crippen molar-refractivity contribution < 1.29 is 9.47 Å². The summed E-state index contributed by atoms with van der Waals surface area (Å²) in [7, 11) is 1.69. The van der Waals surface area contributed by atoms with Gasteiger partial charge < -0.3 is 15.2 Å². The van der Waals surface area contributed by atoms with E-state index in [0.29, 0.717) is 13.2 Å². The van der Waals surface area contributed by atoms with E-state index >= 15 is 0 Å². The molecule has 0 heterocycles. The Labute approximate surface area is 139 Å². The molecular weight excluding hydrogens is 286 g/mol. The van der Waals surface area contributed by atoms with Crippen LogP contribution in [-0.2, 0) is 6.42 Å². The van der Waals surface area contributed by atoms with Crippen LogP contribution in [0.4, 0.5) is 0 Å². The first-order valence-electron chi connectivity index (χ1n) is 8.16. The first-order valence-corrected chi connectivity index (χ1v) is 8.16. The molecule has 0 saturated heterocycles. The van der Waals surface area contributed by atoms with Crippen molar-refractivity contribution in [2.45, 2.75) is 33.1 Å². The van der Waals surface area contributed by atoms with Crippen molar-refractivity contribution >= 4 is 0 Å². The summed E-state index contributed by atoms with van der Waals surface area (Å²) < 4.78 is 11.3. The molecule has 2 aromatic rings. The predicted octanol–water partition coefficient (Wildman–Crippen LogP) is 4.00. The van der Waals surface area contributed by atoms with Crippen molar-refractivity contribution in [3.63, 3.8) is 0 Å². The van der Waals surface area contributed by atoms with Crippen LogP contribution in [0.1, 0.15) is 35.1 Å². The summed E-state index contributed by atoms with van der Waals surface area (Å²) in [6, 6.07) is 12.6. The van der Waals surface area contributed by atoms with Gasteiger partial charge >= 0.3 is 0 Å². The molecule has 0 bridgehead atoms. The van der Waals surface area contributed by atoms with Crippen LogP contribution in [0.5, 0.6) is 11.5 Å². The van der Waals surface area contributed by atoms with Crippen LogP contribution in [0.15, 0.2) is 36.4 Å². The minimum atomic E-state index is 0.264. The maximum absolute atomic E-state index is 6.06. The summed E-state index contributed by atoms with van der Waals surface area (Å²) in [5, 5.41) is 0. The molecule has 0 fully saturated rings. The molecular formula is C20H27NO2. The van der Waals surface area contributed by atoms with Gasteiger partial charge in [-0.15, -0.1) is 0 Å². The SMILES string of the molecule is CCOc1cccc(CC(CN)c2ccc(C)c(C)c2)c1OC. The summed E-state index contributed by atoms with van der Waals surface area (Å²) in [5.41, 5.74) is 11.1. The first kappa shape index (κ1) is 17.4. The Bertz CT molecular complexity index is 652. The average molecular weight is 313 g/mol. The van der Waals surface area contributed by atoms with E-state index in [4.69, 9.17) is 15.2 Å². The number of para-hydroxylation sites is 1. The number of benzene rings is 2. The minimum Gasteiger partial charge on any atom is -0.493 e. The number of nitrogens with two attached hydrogens (primary N) is 1. The van der Waals surface area contributed by atoms with Gasteiger partial charge in [0.05, 0.1) is 13.7 Å². The molecule has 3 nitrogen and oxygen atoms in total. The highest BCUT2D eigenvalue weighted by Crippen LogP contribution is 2.34. The van der Waals surface area contributed by atoms with E-state index < -0.39 is 0 Å². The van der Waals surface area contributed by atoms with Crippen molar-refractivity contribution in [2.24, 2.45) is 5.73 Å².